The molecule has 0 spiro atoms. The molecule has 0 atom stereocenters. The Morgan fingerprint density at radius 1 is 0.852 bits per heavy atom. The summed E-state index contributed by atoms with van der Waals surface area (Å²) in [5.41, 5.74) is 4.72. The fourth-order valence-electron chi connectivity index (χ4n) is 2.86. The molecule has 0 aliphatic rings. The van der Waals surface area contributed by atoms with Crippen LogP contribution in [0.5, 0.6) is 5.75 Å². The van der Waals surface area contributed by atoms with Crippen molar-refractivity contribution < 1.29 is 29.7 Å². The second-order valence-electron chi connectivity index (χ2n) is 6.77. The average Bonchev–Trinajstić information content (AvgIpc) is 3.03. The van der Waals surface area contributed by atoms with Crippen LogP contribution in [0.3, 0.4) is 0 Å². The van der Waals surface area contributed by atoms with Gasteiger partial charge in [0.15, 0.2) is 6.17 Å². The van der Waals surface area contributed by atoms with Gasteiger partial charge in [0.2, 0.25) is 0 Å². The zero-order chi connectivity index (χ0) is 19.4. The van der Waals surface area contributed by atoms with E-state index in [0.29, 0.717) is 0 Å². The molecule has 1 aromatic carbocycles. The molecule has 2 heterocycles. The number of aromatic nitrogens is 4. The maximum Gasteiger partial charge on any atom is 0.172 e. The van der Waals surface area contributed by atoms with Gasteiger partial charge in [0.25, 0.3) is 0 Å². The number of aliphatic hydroxyl groups excluding tert-OH is 1. The minimum atomic E-state index is -0.302. The van der Waals surface area contributed by atoms with Crippen molar-refractivity contribution in [3.63, 3.8) is 0 Å². The van der Waals surface area contributed by atoms with E-state index < -0.39 is 0 Å². The number of phenols is 1. The Hall–Kier alpha value is -1.98. The van der Waals surface area contributed by atoms with Crippen molar-refractivity contribution in [2.45, 2.75) is 53.8 Å². The predicted octanol–water partition coefficient (Wildman–Crippen LogP) is 3.50. The summed E-state index contributed by atoms with van der Waals surface area (Å²) in [6, 6.07) is 11.4. The molecule has 0 unspecified atom stereocenters. The average molecular weight is 422 g/mol. The van der Waals surface area contributed by atoms with Gasteiger partial charge >= 0.3 is 0 Å². The standard InChI is InChI=1S/C17H20N4O.C3H8O.Zn/c1-11-9-13(3)20(18-11)17(15-7-5-6-8-16(15)22)21-14(4)10-12(2)19-21;1-3(2)4;/h5-10,17,22H,1-4H3;3-4H,1-2H3;. The minimum Gasteiger partial charge on any atom is -0.508 e. The fraction of sp³-hybridized carbons (Fsp3) is 0.400. The number of aliphatic hydroxyl groups is 1. The fourth-order valence-corrected chi connectivity index (χ4v) is 2.86. The molecule has 7 heteroatoms. The van der Waals surface area contributed by atoms with Crippen molar-refractivity contribution >= 4 is 0 Å². The number of aromatic hydroxyl groups is 1. The Morgan fingerprint density at radius 3 is 1.59 bits per heavy atom. The summed E-state index contributed by atoms with van der Waals surface area (Å²) in [5.74, 6) is 0.243. The molecule has 0 amide bonds. The summed E-state index contributed by atoms with van der Waals surface area (Å²) in [5, 5.41) is 27.6. The molecule has 27 heavy (non-hydrogen) atoms. The second-order valence-corrected chi connectivity index (χ2v) is 6.77. The SMILES string of the molecule is CC(C)O.Cc1cc(C)n(C(c2ccccc2O)n2nc(C)cc2C)n1.[Zn]. The van der Waals surface area contributed by atoms with Gasteiger partial charge < -0.3 is 10.2 Å². The third-order valence-corrected chi connectivity index (χ3v) is 3.77. The molecule has 0 saturated carbocycles. The van der Waals surface area contributed by atoms with E-state index in [9.17, 15) is 5.11 Å². The van der Waals surface area contributed by atoms with Gasteiger partial charge in [-0.3, -0.25) is 0 Å². The molecule has 0 bridgehead atoms. The molecule has 2 N–H and O–H groups in total. The minimum absolute atomic E-state index is 0. The van der Waals surface area contributed by atoms with Crippen LogP contribution in [0.15, 0.2) is 36.4 Å². The maximum atomic E-state index is 10.3. The monoisotopic (exact) mass is 420 g/mol. The van der Waals surface area contributed by atoms with E-state index in [1.165, 1.54) is 0 Å². The van der Waals surface area contributed by atoms with Crippen LogP contribution in [-0.2, 0) is 19.5 Å². The van der Waals surface area contributed by atoms with Crippen LogP contribution in [0, 0.1) is 27.7 Å². The van der Waals surface area contributed by atoms with Crippen molar-refractivity contribution in [1.29, 1.82) is 0 Å². The molecule has 0 radical (unpaired) electrons. The van der Waals surface area contributed by atoms with Gasteiger partial charge in [-0.2, -0.15) is 10.2 Å². The van der Waals surface area contributed by atoms with Crippen molar-refractivity contribution in [3.05, 3.63) is 64.7 Å². The number of rotatable bonds is 3. The van der Waals surface area contributed by atoms with E-state index >= 15 is 0 Å². The van der Waals surface area contributed by atoms with Gasteiger partial charge in [-0.15, -0.1) is 0 Å². The number of benzene rings is 1. The first kappa shape index (κ1) is 23.1. The van der Waals surface area contributed by atoms with Crippen LogP contribution in [0.4, 0.5) is 0 Å². The molecular formula is C20H28N4O2Zn. The van der Waals surface area contributed by atoms with E-state index in [2.05, 4.69) is 10.2 Å². The Kier molecular flexibility index (Phi) is 8.38. The normalized spacial score (nSPS) is 10.6. The summed E-state index contributed by atoms with van der Waals surface area (Å²) in [4.78, 5) is 0. The second kappa shape index (κ2) is 9.81. The van der Waals surface area contributed by atoms with Gasteiger partial charge in [0.1, 0.15) is 5.75 Å². The number of hydrogen-bond acceptors (Lipinski definition) is 4. The van der Waals surface area contributed by atoms with Crippen molar-refractivity contribution in [2.24, 2.45) is 0 Å². The molecule has 0 fully saturated rings. The summed E-state index contributed by atoms with van der Waals surface area (Å²) >= 11 is 0. The van der Waals surface area contributed by atoms with E-state index in [0.717, 1.165) is 28.3 Å². The topological polar surface area (TPSA) is 76.1 Å². The first-order chi connectivity index (χ1) is 12.2. The van der Waals surface area contributed by atoms with Crippen LogP contribution in [0.1, 0.15) is 48.4 Å². The van der Waals surface area contributed by atoms with Crippen molar-refractivity contribution in [3.8, 4) is 5.75 Å². The summed E-state index contributed by atoms with van der Waals surface area (Å²) in [7, 11) is 0. The van der Waals surface area contributed by atoms with Crippen LogP contribution >= 0.6 is 0 Å². The van der Waals surface area contributed by atoms with Crippen LogP contribution in [0.2, 0.25) is 0 Å². The summed E-state index contributed by atoms with van der Waals surface area (Å²) < 4.78 is 3.81. The smallest absolute Gasteiger partial charge is 0.172 e. The number of aryl methyl sites for hydroxylation is 4. The molecule has 3 aromatic rings. The van der Waals surface area contributed by atoms with Gasteiger partial charge in [0, 0.05) is 42.5 Å². The molecule has 0 saturated heterocycles. The largest absolute Gasteiger partial charge is 0.508 e. The van der Waals surface area contributed by atoms with Gasteiger partial charge in [-0.1, -0.05) is 18.2 Å². The van der Waals surface area contributed by atoms with Crippen molar-refractivity contribution in [1.82, 2.24) is 19.6 Å². The molecule has 142 valence electrons. The summed E-state index contributed by atoms with van der Waals surface area (Å²) in [6.45, 7) is 11.4. The zero-order valence-corrected chi connectivity index (χ0v) is 20.0. The Morgan fingerprint density at radius 2 is 1.26 bits per heavy atom. The van der Waals surface area contributed by atoms with Crippen LogP contribution in [0.25, 0.3) is 0 Å². The van der Waals surface area contributed by atoms with E-state index in [1.807, 2.05) is 67.4 Å². The first-order valence-corrected chi connectivity index (χ1v) is 8.72. The number of hydrogen-bond donors (Lipinski definition) is 2. The van der Waals surface area contributed by atoms with Crippen LogP contribution in [-0.4, -0.2) is 35.9 Å². The Bertz CT molecular complexity index is 822. The van der Waals surface area contributed by atoms with Gasteiger partial charge in [-0.25, -0.2) is 9.36 Å². The predicted molar refractivity (Wildman–Crippen MR) is 102 cm³/mol. The van der Waals surface area contributed by atoms with Crippen LogP contribution < -0.4 is 0 Å². The number of nitrogens with zero attached hydrogens (tertiary/aromatic N) is 4. The summed E-state index contributed by atoms with van der Waals surface area (Å²) in [6.07, 6.45) is -0.469. The van der Waals surface area contributed by atoms with Gasteiger partial charge in [0.05, 0.1) is 11.4 Å². The van der Waals surface area contributed by atoms with E-state index in [-0.39, 0.29) is 37.5 Å². The first-order valence-electron chi connectivity index (χ1n) is 8.72. The molecule has 0 aliphatic carbocycles. The number of para-hydroxylation sites is 1. The molecule has 2 aromatic heterocycles. The van der Waals surface area contributed by atoms with E-state index in [1.54, 1.807) is 19.9 Å². The third kappa shape index (κ3) is 5.75. The maximum absolute atomic E-state index is 10.3. The molecule has 6 nitrogen and oxygen atoms in total. The zero-order valence-electron chi connectivity index (χ0n) is 17.0. The third-order valence-electron chi connectivity index (χ3n) is 3.77. The Balaban J connectivity index is 0.000000666. The van der Waals surface area contributed by atoms with E-state index in [4.69, 9.17) is 5.11 Å². The molecule has 0 aliphatic heterocycles. The molecular weight excluding hydrogens is 394 g/mol. The molecule has 3 rings (SSSR count). The number of phenolic OH excluding ortho intramolecular Hbond substituents is 1. The van der Waals surface area contributed by atoms with Crippen molar-refractivity contribution in [2.75, 3.05) is 0 Å². The quantitative estimate of drug-likeness (QED) is 0.635. The van der Waals surface area contributed by atoms with Gasteiger partial charge in [-0.05, 0) is 59.7 Å². The Labute approximate surface area is 173 Å².